The van der Waals surface area contributed by atoms with Crippen molar-refractivity contribution >= 4 is 11.8 Å². The third kappa shape index (κ3) is 3.58. The maximum atomic E-state index is 4.26. The van der Waals surface area contributed by atoms with Crippen LogP contribution in [-0.2, 0) is 0 Å². The van der Waals surface area contributed by atoms with Gasteiger partial charge in [0.1, 0.15) is 0 Å². The fraction of sp³-hybridized carbons (Fsp3) is 0.118. The molecule has 0 aliphatic rings. The molecule has 1 N–H and O–H groups in total. The lowest BCUT2D eigenvalue weighted by atomic mass is 10.1. The largest absolute Gasteiger partial charge is 0.379 e. The van der Waals surface area contributed by atoms with Crippen LogP contribution < -0.4 is 5.32 Å². The average molecular weight is 291 g/mol. The molecule has 2 aromatic heterocycles. The zero-order chi connectivity index (χ0) is 15.2. The van der Waals surface area contributed by atoms with Gasteiger partial charge in [0.2, 0.25) is 5.95 Å². The van der Waals surface area contributed by atoms with E-state index in [1.807, 2.05) is 24.4 Å². The van der Waals surface area contributed by atoms with Crippen molar-refractivity contribution in [1.29, 1.82) is 0 Å². The van der Waals surface area contributed by atoms with E-state index in [9.17, 15) is 0 Å². The van der Waals surface area contributed by atoms with Crippen LogP contribution in [0.15, 0.2) is 66.8 Å². The molecule has 0 bridgehead atoms. The fourth-order valence-electron chi connectivity index (χ4n) is 2.06. The minimum atomic E-state index is 0.562. The molecule has 1 aromatic carbocycles. The molecule has 5 heteroatoms. The van der Waals surface area contributed by atoms with Crippen LogP contribution in [0.3, 0.4) is 0 Å². The van der Waals surface area contributed by atoms with Crippen molar-refractivity contribution in [3.63, 3.8) is 0 Å². The van der Waals surface area contributed by atoms with Crippen molar-refractivity contribution in [2.45, 2.75) is 6.92 Å². The van der Waals surface area contributed by atoms with Crippen molar-refractivity contribution in [2.75, 3.05) is 11.9 Å². The standard InChI is InChI=1S/C17H17N5/c1-14(10-15-6-3-2-4-7-15)11-20-16-12-21-22(13-16)17-18-8-5-9-19-17/h2-10,12-13,20H,11H2,1H3. The highest BCUT2D eigenvalue weighted by atomic mass is 15.3. The minimum Gasteiger partial charge on any atom is -0.379 e. The van der Waals surface area contributed by atoms with E-state index in [-0.39, 0.29) is 0 Å². The Morgan fingerprint density at radius 2 is 1.91 bits per heavy atom. The summed E-state index contributed by atoms with van der Waals surface area (Å²) in [5.41, 5.74) is 3.39. The summed E-state index contributed by atoms with van der Waals surface area (Å²) >= 11 is 0. The Bertz CT molecular complexity index is 747. The van der Waals surface area contributed by atoms with Crippen LogP contribution in [0, 0.1) is 0 Å². The molecule has 110 valence electrons. The van der Waals surface area contributed by atoms with Gasteiger partial charge in [-0.2, -0.15) is 5.10 Å². The summed E-state index contributed by atoms with van der Waals surface area (Å²) in [6, 6.07) is 12.1. The number of hydrogen-bond donors (Lipinski definition) is 1. The van der Waals surface area contributed by atoms with Gasteiger partial charge in [-0.3, -0.25) is 0 Å². The molecule has 0 aliphatic heterocycles. The Labute approximate surface area is 129 Å². The Balaban J connectivity index is 1.63. The molecule has 0 saturated carbocycles. The highest BCUT2D eigenvalue weighted by Crippen LogP contribution is 2.10. The molecule has 0 aliphatic carbocycles. The van der Waals surface area contributed by atoms with Gasteiger partial charge in [-0.25, -0.2) is 14.6 Å². The van der Waals surface area contributed by atoms with Gasteiger partial charge in [0.05, 0.1) is 18.1 Å². The average Bonchev–Trinajstić information content (AvgIpc) is 3.04. The Morgan fingerprint density at radius 1 is 1.14 bits per heavy atom. The summed E-state index contributed by atoms with van der Waals surface area (Å²) in [5, 5.41) is 7.61. The van der Waals surface area contributed by atoms with Crippen LogP contribution in [0.5, 0.6) is 0 Å². The summed E-state index contributed by atoms with van der Waals surface area (Å²) in [6.45, 7) is 2.86. The molecule has 0 radical (unpaired) electrons. The molecule has 0 unspecified atom stereocenters. The molecule has 0 spiro atoms. The monoisotopic (exact) mass is 291 g/mol. The van der Waals surface area contributed by atoms with Crippen LogP contribution in [0.4, 0.5) is 5.69 Å². The normalized spacial score (nSPS) is 11.4. The van der Waals surface area contributed by atoms with Gasteiger partial charge in [0, 0.05) is 18.9 Å². The van der Waals surface area contributed by atoms with Crippen molar-refractivity contribution < 1.29 is 0 Å². The molecule has 3 aromatic rings. The molecule has 0 amide bonds. The SMILES string of the molecule is CC(=Cc1ccccc1)CNc1cnn(-c2ncccn2)c1. The van der Waals surface area contributed by atoms with E-state index >= 15 is 0 Å². The molecule has 22 heavy (non-hydrogen) atoms. The van der Waals surface area contributed by atoms with Gasteiger partial charge in [0.15, 0.2) is 0 Å². The summed E-state index contributed by atoms with van der Waals surface area (Å²) in [6.07, 6.45) is 9.21. The lowest BCUT2D eigenvalue weighted by Gasteiger charge is -2.04. The molecule has 0 atom stereocenters. The second kappa shape index (κ2) is 6.67. The topological polar surface area (TPSA) is 55.6 Å². The van der Waals surface area contributed by atoms with E-state index in [1.54, 1.807) is 29.3 Å². The van der Waals surface area contributed by atoms with Gasteiger partial charge < -0.3 is 5.32 Å². The summed E-state index contributed by atoms with van der Waals surface area (Å²) in [4.78, 5) is 8.33. The van der Waals surface area contributed by atoms with Crippen LogP contribution in [0.25, 0.3) is 12.0 Å². The van der Waals surface area contributed by atoms with Gasteiger partial charge in [0.25, 0.3) is 0 Å². The third-order valence-electron chi connectivity index (χ3n) is 3.12. The first-order chi connectivity index (χ1) is 10.8. The van der Waals surface area contributed by atoms with E-state index in [0.717, 1.165) is 12.2 Å². The summed E-state index contributed by atoms with van der Waals surface area (Å²) in [5.74, 6) is 0.562. The van der Waals surface area contributed by atoms with E-state index in [1.165, 1.54) is 11.1 Å². The lowest BCUT2D eigenvalue weighted by molar-refractivity contribution is 0.808. The molecular weight excluding hydrogens is 274 g/mol. The Morgan fingerprint density at radius 3 is 2.68 bits per heavy atom. The first-order valence-electron chi connectivity index (χ1n) is 7.09. The summed E-state index contributed by atoms with van der Waals surface area (Å²) in [7, 11) is 0. The van der Waals surface area contributed by atoms with E-state index in [2.05, 4.69) is 45.5 Å². The number of nitrogens with one attached hydrogen (secondary N) is 1. The predicted octanol–water partition coefficient (Wildman–Crippen LogP) is 3.18. The van der Waals surface area contributed by atoms with Crippen LogP contribution in [0.1, 0.15) is 12.5 Å². The van der Waals surface area contributed by atoms with E-state index in [0.29, 0.717) is 5.95 Å². The molecule has 5 nitrogen and oxygen atoms in total. The second-order valence-corrected chi connectivity index (χ2v) is 4.98. The molecule has 0 fully saturated rings. The minimum absolute atomic E-state index is 0.562. The molecule has 3 rings (SSSR count). The maximum absolute atomic E-state index is 4.26. The number of nitrogens with zero attached hydrogens (tertiary/aromatic N) is 4. The first kappa shape index (κ1) is 14.0. The van der Waals surface area contributed by atoms with Gasteiger partial charge in [-0.15, -0.1) is 0 Å². The number of benzene rings is 1. The smallest absolute Gasteiger partial charge is 0.250 e. The zero-order valence-corrected chi connectivity index (χ0v) is 12.3. The highest BCUT2D eigenvalue weighted by molar-refractivity contribution is 5.54. The van der Waals surface area contributed by atoms with Crippen LogP contribution in [-0.4, -0.2) is 26.3 Å². The predicted molar refractivity (Wildman–Crippen MR) is 87.7 cm³/mol. The third-order valence-corrected chi connectivity index (χ3v) is 3.12. The van der Waals surface area contributed by atoms with Crippen molar-refractivity contribution in [1.82, 2.24) is 19.7 Å². The highest BCUT2D eigenvalue weighted by Gasteiger charge is 2.02. The van der Waals surface area contributed by atoms with E-state index < -0.39 is 0 Å². The number of anilines is 1. The Kier molecular flexibility index (Phi) is 4.25. The van der Waals surface area contributed by atoms with Crippen molar-refractivity contribution in [3.8, 4) is 5.95 Å². The van der Waals surface area contributed by atoms with Crippen LogP contribution in [0.2, 0.25) is 0 Å². The van der Waals surface area contributed by atoms with Crippen LogP contribution >= 0.6 is 0 Å². The van der Waals surface area contributed by atoms with E-state index in [4.69, 9.17) is 0 Å². The summed E-state index contributed by atoms with van der Waals surface area (Å²) < 4.78 is 1.65. The number of hydrogen-bond acceptors (Lipinski definition) is 4. The lowest BCUT2D eigenvalue weighted by Crippen LogP contribution is -2.02. The zero-order valence-electron chi connectivity index (χ0n) is 12.3. The molecular formula is C17H17N5. The second-order valence-electron chi connectivity index (χ2n) is 4.98. The van der Waals surface area contributed by atoms with Crippen molar-refractivity contribution in [3.05, 3.63) is 72.3 Å². The molecule has 2 heterocycles. The van der Waals surface area contributed by atoms with Gasteiger partial charge in [-0.05, 0) is 18.6 Å². The van der Waals surface area contributed by atoms with Gasteiger partial charge >= 0.3 is 0 Å². The number of rotatable bonds is 5. The first-order valence-corrected chi connectivity index (χ1v) is 7.09. The quantitative estimate of drug-likeness (QED) is 0.784. The number of aromatic nitrogens is 4. The Hall–Kier alpha value is -2.95. The maximum Gasteiger partial charge on any atom is 0.250 e. The van der Waals surface area contributed by atoms with Gasteiger partial charge in [-0.1, -0.05) is 42.0 Å². The van der Waals surface area contributed by atoms with Crippen molar-refractivity contribution in [2.24, 2.45) is 0 Å². The fourth-order valence-corrected chi connectivity index (χ4v) is 2.06. The molecule has 0 saturated heterocycles.